The maximum absolute atomic E-state index is 13.9. The average Bonchev–Trinajstić information content (AvgIpc) is 2.73. The van der Waals surface area contributed by atoms with Gasteiger partial charge in [-0.15, -0.1) is 0 Å². The summed E-state index contributed by atoms with van der Waals surface area (Å²) in [6.07, 6.45) is 1.70. The third-order valence-corrected chi connectivity index (χ3v) is 4.00. The molecule has 0 aliphatic carbocycles. The molecule has 1 aromatic carbocycles. The number of benzene rings is 1. The second kappa shape index (κ2) is 5.10. The Morgan fingerprint density at radius 1 is 1.40 bits per heavy atom. The topological polar surface area (TPSA) is 33.6 Å². The average molecular weight is 352 g/mol. The van der Waals surface area contributed by atoms with E-state index >= 15 is 0 Å². The molecule has 2 heterocycles. The van der Waals surface area contributed by atoms with Crippen LogP contribution in [0.3, 0.4) is 0 Å². The molecule has 3 aromatic rings. The first kappa shape index (κ1) is 13.5. The van der Waals surface area contributed by atoms with E-state index in [4.69, 9.17) is 12.2 Å². The van der Waals surface area contributed by atoms with Crippen molar-refractivity contribution in [1.82, 2.24) is 14.5 Å². The predicted octanol–water partition coefficient (Wildman–Crippen LogP) is 4.60. The lowest BCUT2D eigenvalue weighted by Crippen LogP contribution is -2.09. The molecule has 3 rings (SSSR count). The first-order valence-electron chi connectivity index (χ1n) is 6.08. The molecule has 6 heteroatoms. The smallest absolute Gasteiger partial charge is 0.179 e. The first-order valence-corrected chi connectivity index (χ1v) is 7.28. The minimum atomic E-state index is -0.242. The van der Waals surface area contributed by atoms with Crippen molar-refractivity contribution in [3.05, 3.63) is 57.2 Å². The van der Waals surface area contributed by atoms with Crippen molar-refractivity contribution in [1.29, 1.82) is 0 Å². The lowest BCUT2D eigenvalue weighted by molar-refractivity contribution is 0.559. The molecular weight excluding hydrogens is 341 g/mol. The molecule has 0 bridgehead atoms. The fourth-order valence-corrected chi connectivity index (χ4v) is 2.99. The summed E-state index contributed by atoms with van der Waals surface area (Å²) in [6, 6.07) is 8.38. The number of hydrogen-bond donors (Lipinski definition) is 1. The van der Waals surface area contributed by atoms with Crippen LogP contribution in [0.1, 0.15) is 18.5 Å². The maximum atomic E-state index is 13.9. The summed E-state index contributed by atoms with van der Waals surface area (Å²) in [6.45, 7) is 1.91. The highest BCUT2D eigenvalue weighted by Crippen LogP contribution is 2.26. The second-order valence-corrected chi connectivity index (χ2v) is 5.82. The van der Waals surface area contributed by atoms with Crippen molar-refractivity contribution in [2.24, 2.45) is 0 Å². The molecule has 3 nitrogen and oxygen atoms in total. The third kappa shape index (κ3) is 2.19. The third-order valence-electron chi connectivity index (χ3n) is 3.26. The van der Waals surface area contributed by atoms with Gasteiger partial charge in [-0.25, -0.2) is 9.37 Å². The van der Waals surface area contributed by atoms with Crippen molar-refractivity contribution in [2.45, 2.75) is 13.0 Å². The first-order chi connectivity index (χ1) is 9.58. The van der Waals surface area contributed by atoms with Gasteiger partial charge in [0.1, 0.15) is 5.82 Å². The van der Waals surface area contributed by atoms with Crippen LogP contribution in [0, 0.1) is 10.6 Å². The summed E-state index contributed by atoms with van der Waals surface area (Å²) in [7, 11) is 0. The van der Waals surface area contributed by atoms with Crippen molar-refractivity contribution in [3.63, 3.8) is 0 Å². The van der Waals surface area contributed by atoms with Gasteiger partial charge >= 0.3 is 0 Å². The summed E-state index contributed by atoms with van der Waals surface area (Å²) >= 11 is 8.72. The van der Waals surface area contributed by atoms with E-state index in [1.54, 1.807) is 18.3 Å². The van der Waals surface area contributed by atoms with Crippen LogP contribution >= 0.6 is 28.1 Å². The van der Waals surface area contributed by atoms with Gasteiger partial charge in [0.15, 0.2) is 10.4 Å². The molecule has 20 heavy (non-hydrogen) atoms. The Bertz CT molecular complexity index is 840. The van der Waals surface area contributed by atoms with Gasteiger partial charge in [-0.1, -0.05) is 18.2 Å². The molecule has 0 aliphatic rings. The highest BCUT2D eigenvalue weighted by molar-refractivity contribution is 9.10. The van der Waals surface area contributed by atoms with Gasteiger partial charge in [-0.3, -0.25) is 4.57 Å². The van der Waals surface area contributed by atoms with Crippen LogP contribution in [0.4, 0.5) is 4.39 Å². The lowest BCUT2D eigenvalue weighted by atomic mass is 10.1. The van der Waals surface area contributed by atoms with Crippen molar-refractivity contribution in [2.75, 3.05) is 0 Å². The normalized spacial score (nSPS) is 12.8. The zero-order valence-corrected chi connectivity index (χ0v) is 13.0. The number of fused-ring (bicyclic) bond motifs is 1. The number of H-pyrrole nitrogens is 1. The standard InChI is InChI=1S/C14H11BrFN3S/c1-8(10-4-2-3-5-11(10)16)19-13-12(18-14(19)20)6-9(15)7-17-13/h2-8H,1H3,(H,18,20). The fraction of sp³-hybridized carbons (Fsp3) is 0.143. The Hall–Kier alpha value is -1.53. The van der Waals surface area contributed by atoms with E-state index in [9.17, 15) is 4.39 Å². The van der Waals surface area contributed by atoms with Crippen LogP contribution in [0.5, 0.6) is 0 Å². The monoisotopic (exact) mass is 351 g/mol. The predicted molar refractivity (Wildman–Crippen MR) is 82.8 cm³/mol. The second-order valence-electron chi connectivity index (χ2n) is 4.52. The summed E-state index contributed by atoms with van der Waals surface area (Å²) in [5.74, 6) is -0.242. The molecule has 1 atom stereocenters. The van der Waals surface area contributed by atoms with E-state index in [1.165, 1.54) is 6.07 Å². The van der Waals surface area contributed by atoms with E-state index in [0.717, 1.165) is 9.99 Å². The Kier molecular flexibility index (Phi) is 3.43. The number of nitrogens with one attached hydrogen (secondary N) is 1. The molecular formula is C14H11BrFN3S. The summed E-state index contributed by atoms with van der Waals surface area (Å²) < 4.78 is 17.2. The molecule has 0 aliphatic heterocycles. The van der Waals surface area contributed by atoms with Gasteiger partial charge in [-0.2, -0.15) is 0 Å². The van der Waals surface area contributed by atoms with E-state index in [0.29, 0.717) is 16.0 Å². The molecule has 0 radical (unpaired) electrons. The molecule has 0 amide bonds. The van der Waals surface area contributed by atoms with Gasteiger partial charge in [0.25, 0.3) is 0 Å². The van der Waals surface area contributed by atoms with E-state index in [2.05, 4.69) is 25.9 Å². The molecule has 0 fully saturated rings. The number of pyridine rings is 1. The van der Waals surface area contributed by atoms with Crippen LogP contribution in [-0.4, -0.2) is 14.5 Å². The van der Waals surface area contributed by atoms with Crippen LogP contribution < -0.4 is 0 Å². The molecule has 1 unspecified atom stereocenters. The highest BCUT2D eigenvalue weighted by atomic mass is 79.9. The SMILES string of the molecule is CC(c1ccccc1F)n1c(=S)[nH]c2cc(Br)cnc21. The molecule has 0 saturated carbocycles. The summed E-state index contributed by atoms with van der Waals surface area (Å²) in [4.78, 5) is 7.47. The number of nitrogens with zero attached hydrogens (tertiary/aromatic N) is 2. The lowest BCUT2D eigenvalue weighted by Gasteiger charge is -2.15. The van der Waals surface area contributed by atoms with Gasteiger partial charge in [0, 0.05) is 16.2 Å². The molecule has 102 valence electrons. The summed E-state index contributed by atoms with van der Waals surface area (Å²) in [5, 5.41) is 0. The number of aromatic nitrogens is 3. The fourth-order valence-electron chi connectivity index (χ4n) is 2.30. The summed E-state index contributed by atoms with van der Waals surface area (Å²) in [5.41, 5.74) is 2.13. The quantitative estimate of drug-likeness (QED) is 0.684. The number of halogens is 2. The molecule has 1 N–H and O–H groups in total. The van der Waals surface area contributed by atoms with Crippen LogP contribution in [-0.2, 0) is 0 Å². The van der Waals surface area contributed by atoms with E-state index in [-0.39, 0.29) is 11.9 Å². The number of aromatic amines is 1. The van der Waals surface area contributed by atoms with Crippen molar-refractivity contribution in [3.8, 4) is 0 Å². The van der Waals surface area contributed by atoms with Gasteiger partial charge < -0.3 is 4.98 Å². The van der Waals surface area contributed by atoms with E-state index < -0.39 is 0 Å². The Morgan fingerprint density at radius 2 is 2.15 bits per heavy atom. The largest absolute Gasteiger partial charge is 0.329 e. The van der Waals surface area contributed by atoms with Gasteiger partial charge in [0.2, 0.25) is 0 Å². The van der Waals surface area contributed by atoms with Crippen molar-refractivity contribution < 1.29 is 4.39 Å². The molecule has 0 spiro atoms. The molecule has 0 saturated heterocycles. The van der Waals surface area contributed by atoms with Crippen LogP contribution in [0.25, 0.3) is 11.2 Å². The number of imidazole rings is 1. The van der Waals surface area contributed by atoms with Gasteiger partial charge in [-0.05, 0) is 47.2 Å². The highest BCUT2D eigenvalue weighted by Gasteiger charge is 2.17. The maximum Gasteiger partial charge on any atom is 0.179 e. The van der Waals surface area contributed by atoms with Crippen molar-refractivity contribution >= 4 is 39.3 Å². The number of hydrogen-bond acceptors (Lipinski definition) is 2. The Balaban J connectivity index is 2.22. The Morgan fingerprint density at radius 3 is 2.90 bits per heavy atom. The Labute approximate surface area is 128 Å². The minimum absolute atomic E-state index is 0.230. The number of rotatable bonds is 2. The van der Waals surface area contributed by atoms with E-state index in [1.807, 2.05) is 23.6 Å². The zero-order chi connectivity index (χ0) is 14.3. The minimum Gasteiger partial charge on any atom is -0.329 e. The van der Waals surface area contributed by atoms with Gasteiger partial charge in [0.05, 0.1) is 11.6 Å². The molecule has 2 aromatic heterocycles. The van der Waals surface area contributed by atoms with Crippen LogP contribution in [0.15, 0.2) is 41.0 Å². The zero-order valence-electron chi connectivity index (χ0n) is 10.6. The van der Waals surface area contributed by atoms with Crippen LogP contribution in [0.2, 0.25) is 0 Å².